The van der Waals surface area contributed by atoms with E-state index in [1.54, 1.807) is 20.8 Å². The van der Waals surface area contributed by atoms with Crippen LogP contribution >= 0.6 is 0 Å². The van der Waals surface area contributed by atoms with Gasteiger partial charge >= 0.3 is 5.97 Å². The zero-order valence-electron chi connectivity index (χ0n) is 17.6. The Bertz CT molecular complexity index is 691. The summed E-state index contributed by atoms with van der Waals surface area (Å²) in [7, 11) is 0. The summed E-state index contributed by atoms with van der Waals surface area (Å²) >= 11 is 0. The Hall–Kier alpha value is -2.37. The minimum absolute atomic E-state index is 0.0826. The number of rotatable bonds is 10. The molecule has 0 aromatic heterocycles. The van der Waals surface area contributed by atoms with E-state index in [4.69, 9.17) is 4.74 Å². The molecule has 28 heavy (non-hydrogen) atoms. The number of carbonyl (C=O) groups excluding carboxylic acids is 3. The van der Waals surface area contributed by atoms with E-state index in [0.717, 1.165) is 25.7 Å². The second-order valence-corrected chi connectivity index (χ2v) is 8.15. The van der Waals surface area contributed by atoms with Crippen LogP contribution in [0.5, 0.6) is 5.75 Å². The van der Waals surface area contributed by atoms with Crippen LogP contribution in [0.1, 0.15) is 77.1 Å². The first-order valence-corrected chi connectivity index (χ1v) is 9.91. The van der Waals surface area contributed by atoms with Gasteiger partial charge in [0.05, 0.1) is 24.3 Å². The third-order valence-corrected chi connectivity index (χ3v) is 4.66. The average Bonchev–Trinajstić information content (AvgIpc) is 2.62. The molecule has 0 aliphatic heterocycles. The van der Waals surface area contributed by atoms with E-state index in [1.807, 2.05) is 0 Å². The summed E-state index contributed by atoms with van der Waals surface area (Å²) in [4.78, 5) is 36.4. The highest BCUT2D eigenvalue weighted by atomic mass is 16.5. The molecule has 0 saturated heterocycles. The Morgan fingerprint density at radius 3 is 2.43 bits per heavy atom. The first-order valence-electron chi connectivity index (χ1n) is 9.91. The Balaban J connectivity index is 2.74. The van der Waals surface area contributed by atoms with E-state index in [0.29, 0.717) is 12.5 Å². The number of benzene rings is 1. The highest BCUT2D eigenvalue weighted by Crippen LogP contribution is 2.26. The molecular formula is C22H33NO5. The predicted molar refractivity (Wildman–Crippen MR) is 109 cm³/mol. The highest BCUT2D eigenvalue weighted by Gasteiger charge is 2.24. The van der Waals surface area contributed by atoms with Gasteiger partial charge in [0, 0.05) is 5.41 Å². The SMILES string of the molecule is CCCCC(CC)COC(=O)c1ccc(O)c(NC(=O)CC(=O)C(C)(C)C)c1. The topological polar surface area (TPSA) is 92.7 Å². The number of aromatic hydroxyl groups is 1. The smallest absolute Gasteiger partial charge is 0.338 e. The van der Waals surface area contributed by atoms with Crippen LogP contribution in [0.25, 0.3) is 0 Å². The largest absolute Gasteiger partial charge is 0.506 e. The van der Waals surface area contributed by atoms with Crippen LogP contribution in [0.4, 0.5) is 5.69 Å². The number of anilines is 1. The number of carbonyl (C=O) groups is 3. The van der Waals surface area contributed by atoms with E-state index >= 15 is 0 Å². The van der Waals surface area contributed by atoms with Gasteiger partial charge in [0.1, 0.15) is 11.5 Å². The highest BCUT2D eigenvalue weighted by molar-refractivity contribution is 6.06. The lowest BCUT2D eigenvalue weighted by Gasteiger charge is -2.17. The van der Waals surface area contributed by atoms with Gasteiger partial charge in [-0.05, 0) is 30.5 Å². The number of hydrogen-bond acceptors (Lipinski definition) is 5. The zero-order valence-corrected chi connectivity index (χ0v) is 17.6. The fourth-order valence-corrected chi connectivity index (χ4v) is 2.54. The minimum Gasteiger partial charge on any atom is -0.506 e. The molecule has 0 bridgehead atoms. The van der Waals surface area contributed by atoms with Crippen LogP contribution in [0.2, 0.25) is 0 Å². The monoisotopic (exact) mass is 391 g/mol. The molecule has 0 heterocycles. The standard InChI is InChI=1S/C22H33NO5/c1-6-8-9-15(7-2)14-28-21(27)16-10-11-18(24)17(12-16)23-20(26)13-19(25)22(3,4)5/h10-12,15,24H,6-9,13-14H2,1-5H3,(H,23,26). The molecule has 156 valence electrons. The Kier molecular flexibility index (Phi) is 9.16. The zero-order chi connectivity index (χ0) is 21.3. The van der Waals surface area contributed by atoms with Crippen LogP contribution in [-0.4, -0.2) is 29.4 Å². The molecule has 1 unspecified atom stereocenters. The van der Waals surface area contributed by atoms with Crippen molar-refractivity contribution in [2.75, 3.05) is 11.9 Å². The van der Waals surface area contributed by atoms with E-state index < -0.39 is 17.3 Å². The number of Topliss-reactive ketones (excluding diaryl/α,β-unsaturated/α-hetero) is 1. The van der Waals surface area contributed by atoms with E-state index in [-0.39, 0.29) is 29.2 Å². The number of esters is 1. The molecule has 6 nitrogen and oxygen atoms in total. The van der Waals surface area contributed by atoms with Gasteiger partial charge in [0.25, 0.3) is 0 Å². The average molecular weight is 392 g/mol. The number of nitrogens with one attached hydrogen (secondary N) is 1. The van der Waals surface area contributed by atoms with Crippen molar-refractivity contribution in [1.29, 1.82) is 0 Å². The van der Waals surface area contributed by atoms with Gasteiger partial charge in [-0.25, -0.2) is 4.79 Å². The normalized spacial score (nSPS) is 12.3. The lowest BCUT2D eigenvalue weighted by molar-refractivity contribution is -0.130. The molecular weight excluding hydrogens is 358 g/mol. The molecule has 1 aromatic carbocycles. The third-order valence-electron chi connectivity index (χ3n) is 4.66. The first-order chi connectivity index (χ1) is 13.1. The molecule has 1 amide bonds. The van der Waals surface area contributed by atoms with Crippen LogP contribution < -0.4 is 5.32 Å². The van der Waals surface area contributed by atoms with Crippen molar-refractivity contribution in [3.05, 3.63) is 23.8 Å². The van der Waals surface area contributed by atoms with Gasteiger partial charge in [-0.3, -0.25) is 9.59 Å². The van der Waals surface area contributed by atoms with Crippen LogP contribution in [-0.2, 0) is 14.3 Å². The lowest BCUT2D eigenvalue weighted by atomic mass is 9.89. The Morgan fingerprint density at radius 2 is 1.86 bits per heavy atom. The summed E-state index contributed by atoms with van der Waals surface area (Å²) in [5.41, 5.74) is -0.307. The number of ketones is 1. The molecule has 0 aliphatic rings. The summed E-state index contributed by atoms with van der Waals surface area (Å²) in [6, 6.07) is 4.14. The van der Waals surface area contributed by atoms with Crippen LogP contribution in [0.15, 0.2) is 18.2 Å². The third kappa shape index (κ3) is 7.71. The molecule has 0 saturated carbocycles. The summed E-state index contributed by atoms with van der Waals surface area (Å²) < 4.78 is 5.40. The molecule has 1 rings (SSSR count). The van der Waals surface area contributed by atoms with Gasteiger partial charge in [-0.1, -0.05) is 53.9 Å². The summed E-state index contributed by atoms with van der Waals surface area (Å²) in [6.45, 7) is 9.75. The van der Waals surface area contributed by atoms with E-state index in [2.05, 4.69) is 19.2 Å². The second-order valence-electron chi connectivity index (χ2n) is 8.15. The van der Waals surface area contributed by atoms with E-state index in [1.165, 1.54) is 18.2 Å². The summed E-state index contributed by atoms with van der Waals surface area (Å²) in [5.74, 6) is -1.11. The molecule has 0 radical (unpaired) electrons. The quantitative estimate of drug-likeness (QED) is 0.342. The van der Waals surface area contributed by atoms with Crippen molar-refractivity contribution in [2.45, 2.75) is 66.7 Å². The molecule has 0 fully saturated rings. The Labute approximate surface area is 167 Å². The lowest BCUT2D eigenvalue weighted by Crippen LogP contribution is -2.26. The van der Waals surface area contributed by atoms with Gasteiger partial charge < -0.3 is 15.2 Å². The molecule has 0 aliphatic carbocycles. The van der Waals surface area contributed by atoms with Crippen molar-refractivity contribution < 1.29 is 24.2 Å². The van der Waals surface area contributed by atoms with Crippen molar-refractivity contribution in [2.24, 2.45) is 11.3 Å². The molecule has 1 atom stereocenters. The number of unbranched alkanes of at least 4 members (excludes halogenated alkanes) is 1. The number of hydrogen-bond donors (Lipinski definition) is 2. The number of amides is 1. The molecule has 1 aromatic rings. The predicted octanol–water partition coefficient (Wildman–Crippen LogP) is 4.71. The van der Waals surface area contributed by atoms with Gasteiger partial charge in [0.2, 0.25) is 5.91 Å². The summed E-state index contributed by atoms with van der Waals surface area (Å²) in [5, 5.41) is 12.5. The fraction of sp³-hybridized carbons (Fsp3) is 0.591. The fourth-order valence-electron chi connectivity index (χ4n) is 2.54. The molecule has 6 heteroatoms. The molecule has 0 spiro atoms. The van der Waals surface area contributed by atoms with Crippen molar-refractivity contribution in [3.8, 4) is 5.75 Å². The van der Waals surface area contributed by atoms with Gasteiger partial charge in [0.15, 0.2) is 0 Å². The van der Waals surface area contributed by atoms with Crippen LogP contribution in [0, 0.1) is 11.3 Å². The van der Waals surface area contributed by atoms with Crippen molar-refractivity contribution in [3.63, 3.8) is 0 Å². The second kappa shape index (κ2) is 10.8. The number of ether oxygens (including phenoxy) is 1. The van der Waals surface area contributed by atoms with Crippen molar-refractivity contribution in [1.82, 2.24) is 0 Å². The minimum atomic E-state index is -0.626. The van der Waals surface area contributed by atoms with Crippen molar-refractivity contribution >= 4 is 23.3 Å². The Morgan fingerprint density at radius 1 is 1.18 bits per heavy atom. The molecule has 2 N–H and O–H groups in total. The van der Waals surface area contributed by atoms with Gasteiger partial charge in [-0.15, -0.1) is 0 Å². The first kappa shape index (κ1) is 23.7. The van der Waals surface area contributed by atoms with Crippen LogP contribution in [0.3, 0.4) is 0 Å². The maximum atomic E-state index is 12.3. The number of phenols is 1. The maximum Gasteiger partial charge on any atom is 0.338 e. The van der Waals surface area contributed by atoms with Gasteiger partial charge in [-0.2, -0.15) is 0 Å². The summed E-state index contributed by atoms with van der Waals surface area (Å²) in [6.07, 6.45) is 3.85. The number of phenolic OH excluding ortho intramolecular Hbond substituents is 1. The maximum absolute atomic E-state index is 12.3. The van der Waals surface area contributed by atoms with E-state index in [9.17, 15) is 19.5 Å².